The summed E-state index contributed by atoms with van der Waals surface area (Å²) < 4.78 is 5.47. The van der Waals surface area contributed by atoms with Gasteiger partial charge in [0.2, 0.25) is 5.91 Å². The summed E-state index contributed by atoms with van der Waals surface area (Å²) in [6, 6.07) is 9.43. The van der Waals surface area contributed by atoms with Crippen molar-refractivity contribution in [3.8, 4) is 16.8 Å². The number of para-hydroxylation sites is 1. The van der Waals surface area contributed by atoms with Crippen LogP contribution in [-0.4, -0.2) is 43.7 Å². The SMILES string of the molecule is Cc1c(C(N)=O)c(-c2c(C)n(C)n(-c3ccccc3)c2=O)c(C)n1CCCN1CCCC1=O. The highest BCUT2D eigenvalue weighted by molar-refractivity contribution is 6.02. The van der Waals surface area contributed by atoms with E-state index in [1.165, 1.54) is 0 Å². The molecule has 0 unspecified atom stereocenters. The van der Waals surface area contributed by atoms with Crippen LogP contribution in [-0.2, 0) is 18.4 Å². The molecule has 2 aromatic heterocycles. The molecular formula is C25H31N5O3. The van der Waals surface area contributed by atoms with Crippen LogP contribution in [0.3, 0.4) is 0 Å². The second-order valence-corrected chi connectivity index (χ2v) is 8.71. The monoisotopic (exact) mass is 449 g/mol. The smallest absolute Gasteiger partial charge is 0.279 e. The van der Waals surface area contributed by atoms with Crippen LogP contribution in [0.1, 0.15) is 46.7 Å². The van der Waals surface area contributed by atoms with Crippen LogP contribution in [0.25, 0.3) is 16.8 Å². The lowest BCUT2D eigenvalue weighted by Crippen LogP contribution is -2.26. The maximum atomic E-state index is 13.6. The molecule has 0 radical (unpaired) electrons. The molecule has 0 atom stereocenters. The maximum absolute atomic E-state index is 13.6. The van der Waals surface area contributed by atoms with E-state index in [-0.39, 0.29) is 11.5 Å². The Bertz CT molecular complexity index is 1280. The molecule has 0 spiro atoms. The fraction of sp³-hybridized carbons (Fsp3) is 0.400. The predicted octanol–water partition coefficient (Wildman–Crippen LogP) is 2.68. The zero-order valence-electron chi connectivity index (χ0n) is 19.7. The second kappa shape index (κ2) is 8.77. The summed E-state index contributed by atoms with van der Waals surface area (Å²) in [5.74, 6) is -0.344. The fourth-order valence-electron chi connectivity index (χ4n) is 5.04. The summed E-state index contributed by atoms with van der Waals surface area (Å²) in [5, 5.41) is 0. The summed E-state index contributed by atoms with van der Waals surface area (Å²) in [7, 11) is 1.84. The van der Waals surface area contributed by atoms with Crippen LogP contribution in [0.15, 0.2) is 35.1 Å². The van der Waals surface area contributed by atoms with Crippen molar-refractivity contribution in [3.05, 3.63) is 63.3 Å². The lowest BCUT2D eigenvalue weighted by atomic mass is 10.0. The Morgan fingerprint density at radius 3 is 2.27 bits per heavy atom. The molecule has 3 heterocycles. The van der Waals surface area contributed by atoms with Gasteiger partial charge in [-0.25, -0.2) is 4.68 Å². The molecule has 2 N–H and O–H groups in total. The van der Waals surface area contributed by atoms with Crippen molar-refractivity contribution in [2.45, 2.75) is 46.6 Å². The van der Waals surface area contributed by atoms with Crippen molar-refractivity contribution < 1.29 is 9.59 Å². The first-order valence-corrected chi connectivity index (χ1v) is 11.4. The molecule has 0 bridgehead atoms. The number of nitrogens with two attached hydrogens (primary N) is 1. The van der Waals surface area contributed by atoms with Gasteiger partial charge in [0.25, 0.3) is 11.5 Å². The third kappa shape index (κ3) is 3.79. The van der Waals surface area contributed by atoms with E-state index in [0.29, 0.717) is 36.2 Å². The Hall–Kier alpha value is -3.55. The van der Waals surface area contributed by atoms with Gasteiger partial charge in [0.15, 0.2) is 0 Å². The Morgan fingerprint density at radius 1 is 0.970 bits per heavy atom. The van der Waals surface area contributed by atoms with Gasteiger partial charge < -0.3 is 15.2 Å². The summed E-state index contributed by atoms with van der Waals surface area (Å²) in [4.78, 5) is 40.0. The first-order chi connectivity index (χ1) is 15.7. The molecule has 33 heavy (non-hydrogen) atoms. The number of carbonyl (C=O) groups is 2. The molecule has 8 heteroatoms. The van der Waals surface area contributed by atoms with Crippen molar-refractivity contribution in [2.24, 2.45) is 12.8 Å². The van der Waals surface area contributed by atoms with E-state index in [1.54, 1.807) is 4.68 Å². The molecular weight excluding hydrogens is 418 g/mol. The van der Waals surface area contributed by atoms with E-state index in [0.717, 1.165) is 42.2 Å². The van der Waals surface area contributed by atoms with E-state index < -0.39 is 5.91 Å². The van der Waals surface area contributed by atoms with Gasteiger partial charge in [-0.2, -0.15) is 0 Å². The number of hydrogen-bond donors (Lipinski definition) is 1. The number of primary amides is 1. The number of carbonyl (C=O) groups excluding carboxylic acids is 2. The van der Waals surface area contributed by atoms with Crippen molar-refractivity contribution >= 4 is 11.8 Å². The molecule has 4 rings (SSSR count). The Balaban J connectivity index is 1.79. The number of benzene rings is 1. The van der Waals surface area contributed by atoms with Crippen molar-refractivity contribution in [1.82, 2.24) is 18.8 Å². The minimum Gasteiger partial charge on any atom is -0.366 e. The summed E-state index contributed by atoms with van der Waals surface area (Å²) in [6.07, 6.45) is 2.30. The van der Waals surface area contributed by atoms with E-state index in [9.17, 15) is 14.4 Å². The largest absolute Gasteiger partial charge is 0.366 e. The van der Waals surface area contributed by atoms with Gasteiger partial charge in [-0.15, -0.1) is 0 Å². The molecule has 3 aromatic rings. The summed E-state index contributed by atoms with van der Waals surface area (Å²) in [6.45, 7) is 7.80. The van der Waals surface area contributed by atoms with E-state index in [4.69, 9.17) is 5.73 Å². The topological polar surface area (TPSA) is 95.3 Å². The molecule has 0 aliphatic carbocycles. The standard InChI is InChI=1S/C25H31N5O3/c1-16-23(25(33)30(27(16)4)19-10-6-5-7-11-19)21-17(2)29(18(3)22(21)24(26)32)15-9-14-28-13-8-12-20(28)31/h5-7,10-11H,8-9,12-15H2,1-4H3,(H2,26,32). The first-order valence-electron chi connectivity index (χ1n) is 11.4. The molecule has 1 fully saturated rings. The molecule has 1 aliphatic rings. The summed E-state index contributed by atoms with van der Waals surface area (Å²) in [5.41, 5.74) is 10.2. The quantitative estimate of drug-likeness (QED) is 0.601. The van der Waals surface area contributed by atoms with Crippen molar-refractivity contribution in [2.75, 3.05) is 13.1 Å². The number of rotatable bonds is 7. The number of aromatic nitrogens is 3. The minimum absolute atomic E-state index is 0.188. The average molecular weight is 450 g/mol. The van der Waals surface area contributed by atoms with Crippen LogP contribution in [0.2, 0.25) is 0 Å². The lowest BCUT2D eigenvalue weighted by molar-refractivity contribution is -0.127. The van der Waals surface area contributed by atoms with Crippen LogP contribution in [0.4, 0.5) is 0 Å². The number of amides is 2. The fourth-order valence-corrected chi connectivity index (χ4v) is 5.04. The number of nitrogens with zero attached hydrogens (tertiary/aromatic N) is 4. The zero-order valence-corrected chi connectivity index (χ0v) is 19.7. The molecule has 2 amide bonds. The van der Waals surface area contributed by atoms with E-state index >= 15 is 0 Å². The molecule has 8 nitrogen and oxygen atoms in total. The van der Waals surface area contributed by atoms with Crippen molar-refractivity contribution in [3.63, 3.8) is 0 Å². The van der Waals surface area contributed by atoms with Gasteiger partial charge in [0.1, 0.15) is 0 Å². The van der Waals surface area contributed by atoms with Crippen LogP contribution >= 0.6 is 0 Å². The Kier molecular flexibility index (Phi) is 6.01. The zero-order chi connectivity index (χ0) is 23.9. The molecule has 0 saturated carbocycles. The second-order valence-electron chi connectivity index (χ2n) is 8.71. The third-order valence-electron chi connectivity index (χ3n) is 6.82. The van der Waals surface area contributed by atoms with Gasteiger partial charge >= 0.3 is 0 Å². The normalized spacial score (nSPS) is 13.8. The van der Waals surface area contributed by atoms with Crippen LogP contribution < -0.4 is 11.3 Å². The average Bonchev–Trinajstić information content (AvgIpc) is 3.37. The number of likely N-dealkylation sites (tertiary alicyclic amines) is 1. The predicted molar refractivity (Wildman–Crippen MR) is 128 cm³/mol. The van der Waals surface area contributed by atoms with Gasteiger partial charge in [-0.3, -0.25) is 19.1 Å². The minimum atomic E-state index is -0.548. The van der Waals surface area contributed by atoms with Gasteiger partial charge in [-0.1, -0.05) is 18.2 Å². The lowest BCUT2D eigenvalue weighted by Gasteiger charge is -2.16. The molecule has 1 saturated heterocycles. The highest BCUT2D eigenvalue weighted by Crippen LogP contribution is 2.33. The molecule has 1 aromatic carbocycles. The third-order valence-corrected chi connectivity index (χ3v) is 6.82. The van der Waals surface area contributed by atoms with Gasteiger partial charge in [0, 0.05) is 55.7 Å². The van der Waals surface area contributed by atoms with E-state index in [1.807, 2.05) is 67.7 Å². The van der Waals surface area contributed by atoms with Gasteiger partial charge in [-0.05, 0) is 45.7 Å². The van der Waals surface area contributed by atoms with E-state index in [2.05, 4.69) is 4.57 Å². The van der Waals surface area contributed by atoms with Crippen LogP contribution in [0.5, 0.6) is 0 Å². The molecule has 1 aliphatic heterocycles. The molecule has 174 valence electrons. The highest BCUT2D eigenvalue weighted by Gasteiger charge is 2.28. The summed E-state index contributed by atoms with van der Waals surface area (Å²) >= 11 is 0. The Morgan fingerprint density at radius 2 is 1.67 bits per heavy atom. The maximum Gasteiger partial charge on any atom is 0.279 e. The Labute approximate surface area is 193 Å². The van der Waals surface area contributed by atoms with Gasteiger partial charge in [0.05, 0.1) is 16.8 Å². The first kappa shape index (κ1) is 22.6. The highest BCUT2D eigenvalue weighted by atomic mass is 16.2. The number of hydrogen-bond acceptors (Lipinski definition) is 3. The van der Waals surface area contributed by atoms with Crippen molar-refractivity contribution in [1.29, 1.82) is 0 Å². The van der Waals surface area contributed by atoms with Crippen LogP contribution in [0, 0.1) is 20.8 Å².